The molecular weight excluding hydrogens is 254 g/mol. The van der Waals surface area contributed by atoms with E-state index in [1.165, 1.54) is 7.11 Å². The maximum atomic E-state index is 11.9. The van der Waals surface area contributed by atoms with Crippen molar-refractivity contribution in [3.8, 4) is 11.1 Å². The number of rotatable bonds is 2. The van der Waals surface area contributed by atoms with Gasteiger partial charge in [-0.1, -0.05) is 12.1 Å². The highest BCUT2D eigenvalue weighted by Crippen LogP contribution is 2.32. The third kappa shape index (κ3) is 1.89. The van der Waals surface area contributed by atoms with Gasteiger partial charge in [-0.2, -0.15) is 0 Å². The van der Waals surface area contributed by atoms with Crippen LogP contribution in [0.4, 0.5) is 5.69 Å². The number of nitrogens with zero attached hydrogens (tertiary/aromatic N) is 1. The molecule has 20 heavy (non-hydrogen) atoms. The zero-order valence-electron chi connectivity index (χ0n) is 10.9. The van der Waals surface area contributed by atoms with E-state index in [0.717, 1.165) is 22.0 Å². The second-order valence-corrected chi connectivity index (χ2v) is 4.41. The third-order valence-corrected chi connectivity index (χ3v) is 3.19. The van der Waals surface area contributed by atoms with E-state index >= 15 is 0 Å². The average molecular weight is 267 g/mol. The Balaban J connectivity index is 2.31. The number of hydrogen-bond donors (Lipinski definition) is 2. The van der Waals surface area contributed by atoms with E-state index in [2.05, 4.69) is 9.97 Å². The summed E-state index contributed by atoms with van der Waals surface area (Å²) < 4.78 is 4.84. The molecule has 5 heteroatoms. The number of ether oxygens (including phenoxy) is 1. The normalized spacial score (nSPS) is 10.7. The zero-order valence-corrected chi connectivity index (χ0v) is 10.9. The second kappa shape index (κ2) is 4.70. The maximum Gasteiger partial charge on any atom is 0.355 e. The fraction of sp³-hybridized carbons (Fsp3) is 0.0667. The largest absolute Gasteiger partial charge is 0.464 e. The highest BCUT2D eigenvalue weighted by molar-refractivity contribution is 6.07. The molecule has 2 aromatic heterocycles. The number of carbonyl (C=O) groups is 1. The van der Waals surface area contributed by atoms with Crippen LogP contribution in [0, 0.1) is 0 Å². The van der Waals surface area contributed by atoms with E-state index in [1.54, 1.807) is 24.5 Å². The van der Waals surface area contributed by atoms with Crippen molar-refractivity contribution in [1.29, 1.82) is 0 Å². The Bertz CT molecular complexity index is 775. The lowest BCUT2D eigenvalue weighted by atomic mass is 10.0. The lowest BCUT2D eigenvalue weighted by Crippen LogP contribution is -2.03. The maximum absolute atomic E-state index is 11.9. The van der Waals surface area contributed by atoms with Crippen molar-refractivity contribution in [2.24, 2.45) is 0 Å². The van der Waals surface area contributed by atoms with Gasteiger partial charge in [0.1, 0.15) is 5.69 Å². The quantitative estimate of drug-likeness (QED) is 0.552. The number of esters is 1. The highest BCUT2D eigenvalue weighted by Gasteiger charge is 2.19. The van der Waals surface area contributed by atoms with Crippen molar-refractivity contribution in [2.45, 2.75) is 0 Å². The lowest BCUT2D eigenvalue weighted by molar-refractivity contribution is 0.0596. The summed E-state index contributed by atoms with van der Waals surface area (Å²) in [5, 5.41) is 0.921. The molecule has 3 rings (SSSR count). The van der Waals surface area contributed by atoms with Gasteiger partial charge >= 0.3 is 5.97 Å². The molecule has 0 aliphatic carbocycles. The van der Waals surface area contributed by atoms with Gasteiger partial charge in [-0.05, 0) is 23.8 Å². The molecule has 0 saturated carbocycles. The molecule has 0 fully saturated rings. The van der Waals surface area contributed by atoms with Crippen LogP contribution in [0.2, 0.25) is 0 Å². The molecular formula is C15H13N3O2. The van der Waals surface area contributed by atoms with Gasteiger partial charge in [0, 0.05) is 22.8 Å². The van der Waals surface area contributed by atoms with E-state index in [1.807, 2.05) is 18.2 Å². The van der Waals surface area contributed by atoms with Crippen molar-refractivity contribution in [3.63, 3.8) is 0 Å². The molecule has 0 radical (unpaired) electrons. The molecule has 0 bridgehead atoms. The lowest BCUT2D eigenvalue weighted by Gasteiger charge is -2.04. The Morgan fingerprint density at radius 1 is 1.25 bits per heavy atom. The second-order valence-electron chi connectivity index (χ2n) is 4.41. The molecule has 0 amide bonds. The first-order valence-corrected chi connectivity index (χ1v) is 6.10. The van der Waals surface area contributed by atoms with E-state index in [-0.39, 0.29) is 0 Å². The van der Waals surface area contributed by atoms with Gasteiger partial charge in [0.15, 0.2) is 0 Å². The number of anilines is 1. The van der Waals surface area contributed by atoms with Crippen molar-refractivity contribution in [3.05, 3.63) is 48.4 Å². The predicted molar refractivity (Wildman–Crippen MR) is 77.3 cm³/mol. The molecule has 100 valence electrons. The Kier molecular flexibility index (Phi) is 2.87. The standard InChI is InChI=1S/C15H13N3O2/c1-20-15(19)14-13(9-2-4-10(16)5-3-9)11-6-7-17-8-12(11)18-14/h2-8,18H,16H2,1H3. The summed E-state index contributed by atoms with van der Waals surface area (Å²) in [5.41, 5.74) is 9.29. The fourth-order valence-corrected chi connectivity index (χ4v) is 2.25. The summed E-state index contributed by atoms with van der Waals surface area (Å²) in [5.74, 6) is -0.409. The number of methoxy groups -OCH3 is 1. The van der Waals surface area contributed by atoms with Crippen LogP contribution in [0.15, 0.2) is 42.7 Å². The van der Waals surface area contributed by atoms with Gasteiger partial charge in [-0.3, -0.25) is 4.98 Å². The molecule has 0 unspecified atom stereocenters. The van der Waals surface area contributed by atoms with Gasteiger partial charge < -0.3 is 15.5 Å². The van der Waals surface area contributed by atoms with Crippen molar-refractivity contribution in [2.75, 3.05) is 12.8 Å². The van der Waals surface area contributed by atoms with Crippen LogP contribution < -0.4 is 5.73 Å². The van der Waals surface area contributed by atoms with Crippen molar-refractivity contribution >= 4 is 22.6 Å². The highest BCUT2D eigenvalue weighted by atomic mass is 16.5. The minimum Gasteiger partial charge on any atom is -0.464 e. The third-order valence-electron chi connectivity index (χ3n) is 3.19. The van der Waals surface area contributed by atoms with E-state index < -0.39 is 5.97 Å². The smallest absolute Gasteiger partial charge is 0.355 e. The van der Waals surface area contributed by atoms with Crippen LogP contribution >= 0.6 is 0 Å². The number of pyridine rings is 1. The van der Waals surface area contributed by atoms with Crippen LogP contribution in [0.25, 0.3) is 22.0 Å². The minimum absolute atomic E-state index is 0.409. The van der Waals surface area contributed by atoms with Gasteiger partial charge in [0.2, 0.25) is 0 Å². The van der Waals surface area contributed by atoms with Gasteiger partial charge in [-0.15, -0.1) is 0 Å². The SMILES string of the molecule is COC(=O)c1[nH]c2cnccc2c1-c1ccc(N)cc1. The van der Waals surface area contributed by atoms with Crippen LogP contribution in [-0.4, -0.2) is 23.0 Å². The number of nitrogen functional groups attached to an aromatic ring is 1. The van der Waals surface area contributed by atoms with Crippen molar-refractivity contribution < 1.29 is 9.53 Å². The monoisotopic (exact) mass is 267 g/mol. The molecule has 2 heterocycles. The summed E-state index contributed by atoms with van der Waals surface area (Å²) in [6.45, 7) is 0. The van der Waals surface area contributed by atoms with Crippen molar-refractivity contribution in [1.82, 2.24) is 9.97 Å². The molecule has 3 aromatic rings. The molecule has 3 N–H and O–H groups in total. The Morgan fingerprint density at radius 2 is 2.00 bits per heavy atom. The van der Waals surface area contributed by atoms with Crippen LogP contribution in [-0.2, 0) is 4.74 Å². The molecule has 0 atom stereocenters. The molecule has 0 saturated heterocycles. The summed E-state index contributed by atoms with van der Waals surface area (Å²) in [6.07, 6.45) is 3.38. The summed E-state index contributed by atoms with van der Waals surface area (Å²) in [7, 11) is 1.36. The Morgan fingerprint density at radius 3 is 2.70 bits per heavy atom. The van der Waals surface area contributed by atoms with Gasteiger partial charge in [0.05, 0.1) is 18.8 Å². The van der Waals surface area contributed by atoms with Crippen LogP contribution in [0.3, 0.4) is 0 Å². The molecule has 0 aliphatic rings. The first-order valence-electron chi connectivity index (χ1n) is 6.10. The topological polar surface area (TPSA) is 81.0 Å². The van der Waals surface area contributed by atoms with Gasteiger partial charge in [-0.25, -0.2) is 4.79 Å². The number of benzene rings is 1. The number of aromatic nitrogens is 2. The Hall–Kier alpha value is -2.82. The first-order chi connectivity index (χ1) is 9.70. The number of nitrogens with one attached hydrogen (secondary N) is 1. The molecule has 5 nitrogen and oxygen atoms in total. The van der Waals surface area contributed by atoms with E-state index in [4.69, 9.17) is 10.5 Å². The van der Waals surface area contributed by atoms with E-state index in [9.17, 15) is 4.79 Å². The number of H-pyrrole nitrogens is 1. The van der Waals surface area contributed by atoms with Crippen LogP contribution in [0.5, 0.6) is 0 Å². The van der Waals surface area contributed by atoms with Gasteiger partial charge in [0.25, 0.3) is 0 Å². The number of carbonyl (C=O) groups excluding carboxylic acids is 1. The van der Waals surface area contributed by atoms with E-state index in [0.29, 0.717) is 11.4 Å². The average Bonchev–Trinajstić information content (AvgIpc) is 2.87. The molecule has 0 spiro atoms. The summed E-state index contributed by atoms with van der Waals surface area (Å²) in [4.78, 5) is 19.1. The number of fused-ring (bicyclic) bond motifs is 1. The predicted octanol–water partition coefficient (Wildman–Crippen LogP) is 2.60. The summed E-state index contributed by atoms with van der Waals surface area (Å²) >= 11 is 0. The first kappa shape index (κ1) is 12.2. The zero-order chi connectivity index (χ0) is 14.1. The number of nitrogens with two attached hydrogens (primary N) is 1. The minimum atomic E-state index is -0.409. The Labute approximate surface area is 115 Å². The molecule has 0 aliphatic heterocycles. The summed E-state index contributed by atoms with van der Waals surface area (Å²) in [6, 6.07) is 9.23. The number of aromatic amines is 1. The van der Waals surface area contributed by atoms with Crippen LogP contribution in [0.1, 0.15) is 10.5 Å². The molecule has 1 aromatic carbocycles. The fourth-order valence-electron chi connectivity index (χ4n) is 2.25. The number of hydrogen-bond acceptors (Lipinski definition) is 4.